The van der Waals surface area contributed by atoms with Crippen LogP contribution in [0.3, 0.4) is 0 Å². The van der Waals surface area contributed by atoms with E-state index in [0.29, 0.717) is 49.3 Å². The Morgan fingerprint density at radius 3 is 2.57 bits per heavy atom. The molecular weight excluding hydrogens is 713 g/mol. The number of ether oxygens (including phenoxy) is 2. The van der Waals surface area contributed by atoms with Gasteiger partial charge in [-0.1, -0.05) is 18.4 Å². The van der Waals surface area contributed by atoms with E-state index < -0.39 is 28.0 Å². The van der Waals surface area contributed by atoms with Crippen LogP contribution in [0.5, 0.6) is 17.6 Å². The van der Waals surface area contributed by atoms with Crippen LogP contribution < -0.4 is 14.4 Å². The Kier molecular flexibility index (Phi) is 8.56. The molecular formula is C41H45F2N5O5S. The van der Waals surface area contributed by atoms with Gasteiger partial charge in [0.1, 0.15) is 34.0 Å². The highest BCUT2D eigenvalue weighted by molar-refractivity contribution is 7.86. The molecule has 2 saturated carbocycles. The van der Waals surface area contributed by atoms with Crippen molar-refractivity contribution in [3.05, 3.63) is 41.5 Å². The molecule has 0 bridgehead atoms. The third kappa shape index (κ3) is 5.78. The predicted octanol–water partition coefficient (Wildman–Crippen LogP) is 6.09. The maximum Gasteiger partial charge on any atom is 0.319 e. The molecule has 3 aliphatic heterocycles. The summed E-state index contributed by atoms with van der Waals surface area (Å²) < 4.78 is 56.7. The van der Waals surface area contributed by atoms with Crippen molar-refractivity contribution in [3.63, 3.8) is 0 Å². The van der Waals surface area contributed by atoms with Crippen molar-refractivity contribution in [1.29, 1.82) is 0 Å². The second-order valence-corrected chi connectivity index (χ2v) is 18.2. The van der Waals surface area contributed by atoms with Crippen LogP contribution in [0, 0.1) is 34.8 Å². The summed E-state index contributed by atoms with van der Waals surface area (Å²) in [5, 5.41) is 22.7. The molecule has 3 saturated heterocycles. The number of pyridine rings is 1. The number of terminal acetylenes is 1. The molecule has 13 heteroatoms. The fourth-order valence-corrected chi connectivity index (χ4v) is 12.3. The number of aliphatic hydroxyl groups is 1. The number of halogens is 2. The predicted molar refractivity (Wildman–Crippen MR) is 203 cm³/mol. The lowest BCUT2D eigenvalue weighted by atomic mass is 9.64. The Morgan fingerprint density at radius 1 is 1.06 bits per heavy atom. The molecule has 54 heavy (non-hydrogen) atoms. The number of rotatable bonds is 7. The molecule has 2 aromatic carbocycles. The Balaban J connectivity index is 1.14. The average molecular weight is 758 g/mol. The van der Waals surface area contributed by atoms with Gasteiger partial charge < -0.3 is 24.6 Å². The number of benzene rings is 2. The number of methoxy groups -OCH3 is 1. The summed E-state index contributed by atoms with van der Waals surface area (Å²) >= 11 is 0. The van der Waals surface area contributed by atoms with E-state index in [1.807, 2.05) is 4.90 Å². The van der Waals surface area contributed by atoms with Gasteiger partial charge in [-0.25, -0.2) is 13.8 Å². The van der Waals surface area contributed by atoms with Crippen LogP contribution in [-0.2, 0) is 10.8 Å². The first kappa shape index (κ1) is 35.6. The van der Waals surface area contributed by atoms with Gasteiger partial charge in [0.15, 0.2) is 5.82 Å². The summed E-state index contributed by atoms with van der Waals surface area (Å²) in [6, 6.07) is 6.29. The summed E-state index contributed by atoms with van der Waals surface area (Å²) in [7, 11) is 0.761. The van der Waals surface area contributed by atoms with Crippen LogP contribution in [0.2, 0.25) is 0 Å². The maximum atomic E-state index is 17.3. The Labute approximate surface area is 315 Å². The zero-order valence-electron chi connectivity index (χ0n) is 30.7. The fourth-order valence-electron chi connectivity index (χ4n) is 10.5. The smallest absolute Gasteiger partial charge is 0.319 e. The van der Waals surface area contributed by atoms with Crippen molar-refractivity contribution >= 4 is 38.3 Å². The molecule has 0 radical (unpaired) electrons. The van der Waals surface area contributed by atoms with Crippen molar-refractivity contribution in [2.75, 3.05) is 49.8 Å². The summed E-state index contributed by atoms with van der Waals surface area (Å²) in [6.07, 6.45) is 14.5. The highest BCUT2D eigenvalue weighted by Gasteiger charge is 2.58. The standard InChI is InChI=1S/C41H45F2N5O5S/c1-4-27-29(42)10-9-24-16-26(49)17-28(31(24)27)34-33(43)35-32(37(44-34)52-3)36(47-14-6-11-39(2,50)20-47)46-38(45-35)53-21-41-12-5-8-30(41)48(15-7-13-41)25-18-40(19-25)22-54(51)23-40/h1,9-10,16-17,25,30,49-50H,5-8,11-15,18-23H2,2-3H3. The minimum absolute atomic E-state index is 0.00800. The SMILES string of the molecule is C#Cc1c(F)ccc2cc(O)cc(-c3nc(OC)c4c(N5CCCC(C)(O)C5)nc(OCC56CCCC5N(C5CC7(C5)CS(=O)C7)CCC6)nc4c3F)c12. The number of anilines is 1. The molecule has 1 spiro atoms. The normalized spacial score (nSPS) is 30.9. The first-order valence-corrected chi connectivity index (χ1v) is 20.5. The van der Waals surface area contributed by atoms with Crippen molar-refractivity contribution in [3.8, 4) is 41.2 Å². The van der Waals surface area contributed by atoms with Crippen molar-refractivity contribution in [2.45, 2.75) is 82.4 Å². The molecule has 2 aliphatic carbocycles. The van der Waals surface area contributed by atoms with Crippen molar-refractivity contribution in [2.24, 2.45) is 10.8 Å². The number of fused-ring (bicyclic) bond motifs is 3. The Morgan fingerprint density at radius 2 is 1.83 bits per heavy atom. The van der Waals surface area contributed by atoms with E-state index in [4.69, 9.17) is 25.9 Å². The van der Waals surface area contributed by atoms with Crippen LogP contribution in [0.25, 0.3) is 32.9 Å². The van der Waals surface area contributed by atoms with Gasteiger partial charge >= 0.3 is 6.01 Å². The lowest BCUT2D eigenvalue weighted by Gasteiger charge is -2.60. The zero-order chi connectivity index (χ0) is 37.6. The van der Waals surface area contributed by atoms with E-state index in [1.54, 1.807) is 6.92 Å². The molecule has 2 aromatic heterocycles. The molecule has 10 nitrogen and oxygen atoms in total. The second kappa shape index (κ2) is 13.0. The number of hydrogen-bond donors (Lipinski definition) is 2. The number of likely N-dealkylation sites (tertiary alicyclic amines) is 1. The molecule has 3 unspecified atom stereocenters. The Hall–Kier alpha value is -4.12. The monoisotopic (exact) mass is 757 g/mol. The first-order valence-electron chi connectivity index (χ1n) is 19.0. The van der Waals surface area contributed by atoms with E-state index >= 15 is 8.78 Å². The van der Waals surface area contributed by atoms with E-state index in [1.165, 1.54) is 31.4 Å². The zero-order valence-corrected chi connectivity index (χ0v) is 31.5. The summed E-state index contributed by atoms with van der Waals surface area (Å²) in [6.45, 7) is 3.99. The Bertz CT molecular complexity index is 2250. The quantitative estimate of drug-likeness (QED) is 0.214. The molecule has 2 N–H and O–H groups in total. The van der Waals surface area contributed by atoms with Gasteiger partial charge in [0, 0.05) is 63.8 Å². The number of β-amino-alcohol motifs (C(OH)–C–C–N with tert-alkyl or cyclic N) is 1. The van der Waals surface area contributed by atoms with Crippen LogP contribution in [-0.4, -0.2) is 96.8 Å². The van der Waals surface area contributed by atoms with E-state index in [-0.39, 0.29) is 68.1 Å². The van der Waals surface area contributed by atoms with Crippen LogP contribution in [0.4, 0.5) is 14.6 Å². The summed E-state index contributed by atoms with van der Waals surface area (Å²) in [5.74, 6) is 2.75. The lowest BCUT2D eigenvalue weighted by Crippen LogP contribution is -2.65. The van der Waals surface area contributed by atoms with Crippen molar-refractivity contribution in [1.82, 2.24) is 19.9 Å². The molecule has 284 valence electrons. The van der Waals surface area contributed by atoms with E-state index in [9.17, 15) is 14.4 Å². The van der Waals surface area contributed by atoms with Gasteiger partial charge in [-0.15, -0.1) is 6.42 Å². The van der Waals surface area contributed by atoms with Crippen molar-refractivity contribution < 1.29 is 32.7 Å². The van der Waals surface area contributed by atoms with Crippen LogP contribution in [0.1, 0.15) is 70.3 Å². The van der Waals surface area contributed by atoms with Crippen LogP contribution >= 0.6 is 0 Å². The fraction of sp³-hybridized carbons (Fsp3) is 0.537. The highest BCUT2D eigenvalue weighted by atomic mass is 32.2. The average Bonchev–Trinajstić information content (AvgIpc) is 3.56. The molecule has 5 fully saturated rings. The number of hydrogen-bond acceptors (Lipinski definition) is 10. The number of piperidine rings is 2. The number of aromatic nitrogens is 3. The lowest BCUT2D eigenvalue weighted by molar-refractivity contribution is -0.0719. The minimum atomic E-state index is -1.01. The van der Waals surface area contributed by atoms with E-state index in [2.05, 4.69) is 15.8 Å². The highest BCUT2D eigenvalue weighted by Crippen LogP contribution is 2.55. The second-order valence-electron chi connectivity index (χ2n) is 16.7. The van der Waals surface area contributed by atoms with Crippen LogP contribution in [0.15, 0.2) is 24.3 Å². The van der Waals surface area contributed by atoms with E-state index in [0.717, 1.165) is 63.0 Å². The van der Waals surface area contributed by atoms with Gasteiger partial charge in [-0.05, 0) is 93.8 Å². The number of aromatic hydroxyl groups is 1. The molecule has 5 heterocycles. The third-order valence-electron chi connectivity index (χ3n) is 12.9. The number of phenolic OH excluding ortho intramolecular Hbond substituents is 1. The topological polar surface area (TPSA) is 121 Å². The summed E-state index contributed by atoms with van der Waals surface area (Å²) in [5.41, 5.74) is -1.18. The molecule has 0 amide bonds. The summed E-state index contributed by atoms with van der Waals surface area (Å²) in [4.78, 5) is 18.8. The maximum absolute atomic E-state index is 17.3. The van der Waals surface area contributed by atoms with Gasteiger partial charge in [0.2, 0.25) is 5.88 Å². The van der Waals surface area contributed by atoms with Gasteiger partial charge in [0.05, 0.1) is 24.9 Å². The number of nitrogens with zero attached hydrogens (tertiary/aromatic N) is 5. The van der Waals surface area contributed by atoms with Gasteiger partial charge in [0.25, 0.3) is 0 Å². The molecule has 9 rings (SSSR count). The molecule has 3 atom stereocenters. The molecule has 4 aromatic rings. The minimum Gasteiger partial charge on any atom is -0.508 e. The first-order chi connectivity index (χ1) is 25.9. The van der Waals surface area contributed by atoms with Gasteiger partial charge in [-0.3, -0.25) is 9.11 Å². The largest absolute Gasteiger partial charge is 0.508 e. The third-order valence-corrected chi connectivity index (χ3v) is 14.8. The molecule has 5 aliphatic rings. The number of phenols is 1. The van der Waals surface area contributed by atoms with Gasteiger partial charge in [-0.2, -0.15) is 9.97 Å².